The lowest BCUT2D eigenvalue weighted by atomic mass is 9.86. The molecule has 3 heteroatoms. The predicted molar refractivity (Wildman–Crippen MR) is 115 cm³/mol. The Bertz CT molecular complexity index is 836. The van der Waals surface area contributed by atoms with Crippen LogP contribution >= 0.6 is 0 Å². The summed E-state index contributed by atoms with van der Waals surface area (Å²) < 4.78 is 0. The molecule has 146 valence electrons. The molecule has 0 saturated carbocycles. The highest BCUT2D eigenvalue weighted by atomic mass is 16.2. The summed E-state index contributed by atoms with van der Waals surface area (Å²) in [6.07, 6.45) is 4.82. The molecule has 1 unspecified atom stereocenters. The Morgan fingerprint density at radius 1 is 0.857 bits per heavy atom. The second kappa shape index (κ2) is 8.32. The van der Waals surface area contributed by atoms with Crippen molar-refractivity contribution in [2.45, 2.75) is 51.6 Å². The van der Waals surface area contributed by atoms with Crippen LogP contribution in [-0.2, 0) is 0 Å². The molecule has 2 heterocycles. The molecule has 0 aromatic heterocycles. The SMILES string of the molecule is CCN(CC)C(=O)c1ccc(C(=C2CC3CC[C@@H](C2)N3)c2ccccc2)cc1. The summed E-state index contributed by atoms with van der Waals surface area (Å²) in [5, 5.41) is 3.74. The van der Waals surface area contributed by atoms with E-state index in [0.717, 1.165) is 31.5 Å². The van der Waals surface area contributed by atoms with Crippen molar-refractivity contribution in [1.82, 2.24) is 10.2 Å². The summed E-state index contributed by atoms with van der Waals surface area (Å²) in [5.74, 6) is 0.116. The molecule has 0 radical (unpaired) electrons. The molecular weight excluding hydrogens is 344 g/mol. The van der Waals surface area contributed by atoms with Crippen LogP contribution in [0, 0.1) is 0 Å². The van der Waals surface area contributed by atoms with Crippen molar-refractivity contribution in [2.24, 2.45) is 0 Å². The van der Waals surface area contributed by atoms with Crippen LogP contribution in [0.2, 0.25) is 0 Å². The zero-order valence-electron chi connectivity index (χ0n) is 16.9. The van der Waals surface area contributed by atoms with Crippen molar-refractivity contribution < 1.29 is 4.79 Å². The number of hydrogen-bond donors (Lipinski definition) is 1. The number of nitrogens with one attached hydrogen (secondary N) is 1. The molecular formula is C25H30N2O. The third-order valence-corrected chi connectivity index (χ3v) is 6.21. The van der Waals surface area contributed by atoms with Crippen molar-refractivity contribution in [3.05, 3.63) is 76.9 Å². The largest absolute Gasteiger partial charge is 0.339 e. The molecule has 2 aromatic carbocycles. The van der Waals surface area contributed by atoms with Crippen molar-refractivity contribution in [1.29, 1.82) is 0 Å². The predicted octanol–water partition coefficient (Wildman–Crippen LogP) is 4.88. The smallest absolute Gasteiger partial charge is 0.253 e. The number of rotatable bonds is 5. The van der Waals surface area contributed by atoms with Gasteiger partial charge in [-0.2, -0.15) is 0 Å². The van der Waals surface area contributed by atoms with Gasteiger partial charge >= 0.3 is 0 Å². The van der Waals surface area contributed by atoms with E-state index in [0.29, 0.717) is 12.1 Å². The molecule has 4 rings (SSSR count). The van der Waals surface area contributed by atoms with Gasteiger partial charge in [0, 0.05) is 30.7 Å². The molecule has 2 fully saturated rings. The summed E-state index contributed by atoms with van der Waals surface area (Å²) in [5.41, 5.74) is 6.19. The second-order valence-corrected chi connectivity index (χ2v) is 7.95. The monoisotopic (exact) mass is 374 g/mol. The van der Waals surface area contributed by atoms with Crippen LogP contribution in [-0.4, -0.2) is 36.0 Å². The zero-order chi connectivity index (χ0) is 19.5. The highest BCUT2D eigenvalue weighted by Gasteiger charge is 2.32. The highest BCUT2D eigenvalue weighted by Crippen LogP contribution is 2.38. The third kappa shape index (κ3) is 3.77. The van der Waals surface area contributed by atoms with Gasteiger partial charge in [0.1, 0.15) is 0 Å². The Labute approximate surface area is 168 Å². The van der Waals surface area contributed by atoms with E-state index in [9.17, 15) is 4.79 Å². The minimum atomic E-state index is 0.116. The molecule has 2 aromatic rings. The Morgan fingerprint density at radius 3 is 1.96 bits per heavy atom. The lowest BCUT2D eigenvalue weighted by Crippen LogP contribution is -2.35. The number of carbonyl (C=O) groups excluding carboxylic acids is 1. The van der Waals surface area contributed by atoms with E-state index in [4.69, 9.17) is 0 Å². The average Bonchev–Trinajstić information content (AvgIpc) is 3.08. The molecule has 2 atom stereocenters. The van der Waals surface area contributed by atoms with E-state index in [-0.39, 0.29) is 5.91 Å². The number of hydrogen-bond acceptors (Lipinski definition) is 2. The van der Waals surface area contributed by atoms with Gasteiger partial charge in [0.15, 0.2) is 0 Å². The van der Waals surface area contributed by atoms with E-state index in [1.165, 1.54) is 29.5 Å². The van der Waals surface area contributed by atoms with E-state index in [1.807, 2.05) is 30.9 Å². The zero-order valence-corrected chi connectivity index (χ0v) is 16.9. The van der Waals surface area contributed by atoms with Gasteiger partial charge < -0.3 is 10.2 Å². The Hall–Kier alpha value is -2.39. The first-order chi connectivity index (χ1) is 13.7. The number of nitrogens with zero attached hydrogens (tertiary/aromatic N) is 1. The molecule has 1 amide bonds. The lowest BCUT2D eigenvalue weighted by molar-refractivity contribution is 0.0773. The topological polar surface area (TPSA) is 32.3 Å². The first kappa shape index (κ1) is 18.9. The second-order valence-electron chi connectivity index (χ2n) is 7.95. The van der Waals surface area contributed by atoms with Crippen molar-refractivity contribution >= 4 is 11.5 Å². The summed E-state index contributed by atoms with van der Waals surface area (Å²) in [6.45, 7) is 5.54. The summed E-state index contributed by atoms with van der Waals surface area (Å²) in [6, 6.07) is 20.2. The minimum absolute atomic E-state index is 0.116. The van der Waals surface area contributed by atoms with Crippen molar-refractivity contribution in [3.63, 3.8) is 0 Å². The maximum Gasteiger partial charge on any atom is 0.253 e. The first-order valence-corrected chi connectivity index (χ1v) is 10.6. The summed E-state index contributed by atoms with van der Waals surface area (Å²) in [7, 11) is 0. The van der Waals surface area contributed by atoms with Crippen molar-refractivity contribution in [2.75, 3.05) is 13.1 Å². The van der Waals surface area contributed by atoms with E-state index in [2.05, 4.69) is 47.8 Å². The Morgan fingerprint density at radius 2 is 1.39 bits per heavy atom. The molecule has 3 nitrogen and oxygen atoms in total. The fraction of sp³-hybridized carbons (Fsp3) is 0.400. The van der Waals surface area contributed by atoms with Gasteiger partial charge in [-0.1, -0.05) is 48.0 Å². The lowest BCUT2D eigenvalue weighted by Gasteiger charge is -2.27. The normalized spacial score (nSPS) is 22.8. The quantitative estimate of drug-likeness (QED) is 0.808. The van der Waals surface area contributed by atoms with Gasteiger partial charge in [-0.25, -0.2) is 0 Å². The van der Waals surface area contributed by atoms with Crippen molar-refractivity contribution in [3.8, 4) is 0 Å². The number of fused-ring (bicyclic) bond motifs is 2. The van der Waals surface area contributed by atoms with Gasteiger partial charge in [0.2, 0.25) is 0 Å². The molecule has 2 aliphatic heterocycles. The number of carbonyl (C=O) groups is 1. The minimum Gasteiger partial charge on any atom is -0.339 e. The van der Waals surface area contributed by atoms with Gasteiger partial charge in [-0.15, -0.1) is 0 Å². The van der Waals surface area contributed by atoms with E-state index < -0.39 is 0 Å². The van der Waals surface area contributed by atoms with Gasteiger partial charge in [0.25, 0.3) is 5.91 Å². The Balaban J connectivity index is 1.71. The number of benzene rings is 2. The molecule has 2 aliphatic rings. The first-order valence-electron chi connectivity index (χ1n) is 10.6. The standard InChI is InChI=1S/C25H30N2O/c1-3-27(4-2)25(28)20-12-10-19(11-13-20)24(18-8-6-5-7-9-18)21-16-22-14-15-23(17-21)26-22/h5-13,22-23,26H,3-4,14-17H2,1-2H3/t22-,23?/m0/s1. The molecule has 0 aliphatic carbocycles. The highest BCUT2D eigenvalue weighted by molar-refractivity contribution is 5.95. The van der Waals surface area contributed by atoms with Crippen LogP contribution in [0.4, 0.5) is 0 Å². The fourth-order valence-electron chi connectivity index (χ4n) is 4.76. The van der Waals surface area contributed by atoms with Gasteiger partial charge in [-0.3, -0.25) is 4.79 Å². The van der Waals surface area contributed by atoms with Gasteiger partial charge in [-0.05, 0) is 68.4 Å². The Kier molecular flexibility index (Phi) is 5.63. The van der Waals surface area contributed by atoms with E-state index in [1.54, 1.807) is 5.57 Å². The molecule has 0 spiro atoms. The number of piperidine rings is 1. The van der Waals surface area contributed by atoms with Crippen LogP contribution in [0.25, 0.3) is 5.57 Å². The maximum atomic E-state index is 12.7. The molecule has 28 heavy (non-hydrogen) atoms. The van der Waals surface area contributed by atoms with Gasteiger partial charge in [0.05, 0.1) is 0 Å². The molecule has 2 saturated heterocycles. The van der Waals surface area contributed by atoms with Crippen LogP contribution in [0.1, 0.15) is 61.0 Å². The van der Waals surface area contributed by atoms with Crippen LogP contribution in [0.5, 0.6) is 0 Å². The molecule has 2 bridgehead atoms. The third-order valence-electron chi connectivity index (χ3n) is 6.21. The maximum absolute atomic E-state index is 12.7. The van der Waals surface area contributed by atoms with E-state index >= 15 is 0 Å². The summed E-state index contributed by atoms with van der Waals surface area (Å²) >= 11 is 0. The molecule has 1 N–H and O–H groups in total. The van der Waals surface area contributed by atoms with Crippen LogP contribution < -0.4 is 5.32 Å². The van der Waals surface area contributed by atoms with Crippen LogP contribution in [0.15, 0.2) is 60.2 Å². The fourth-order valence-corrected chi connectivity index (χ4v) is 4.76. The average molecular weight is 375 g/mol. The number of amides is 1. The van der Waals surface area contributed by atoms with Crippen LogP contribution in [0.3, 0.4) is 0 Å². The summed E-state index contributed by atoms with van der Waals surface area (Å²) in [4.78, 5) is 14.5.